The zero-order chi connectivity index (χ0) is 18.1. The van der Waals surface area contributed by atoms with Gasteiger partial charge in [0.05, 0.1) is 5.52 Å². The summed E-state index contributed by atoms with van der Waals surface area (Å²) in [5.41, 5.74) is 6.98. The van der Waals surface area contributed by atoms with Crippen molar-refractivity contribution >= 4 is 29.1 Å². The fourth-order valence-electron chi connectivity index (χ4n) is 4.31. The normalized spacial score (nSPS) is 13.3. The lowest BCUT2D eigenvalue weighted by atomic mass is 10.00. The fourth-order valence-corrected chi connectivity index (χ4v) is 4.31. The predicted molar refractivity (Wildman–Crippen MR) is 117 cm³/mol. The van der Waals surface area contributed by atoms with Gasteiger partial charge in [0.1, 0.15) is 0 Å². The number of fused-ring (bicyclic) bond motifs is 2. The van der Waals surface area contributed by atoms with Crippen LogP contribution < -0.4 is 4.90 Å². The second-order valence-electron chi connectivity index (χ2n) is 7.18. The molecule has 0 amide bonds. The second-order valence-corrected chi connectivity index (χ2v) is 7.18. The number of benzene rings is 1. The van der Waals surface area contributed by atoms with Crippen LogP contribution >= 0.6 is 12.4 Å². The predicted octanol–water partition coefficient (Wildman–Crippen LogP) is 5.47. The molecule has 0 N–H and O–H groups in total. The number of halogens is 1. The van der Waals surface area contributed by atoms with Crippen LogP contribution in [0.1, 0.15) is 35.7 Å². The van der Waals surface area contributed by atoms with Crippen LogP contribution in [0.15, 0.2) is 49.2 Å². The zero-order valence-electron chi connectivity index (χ0n) is 16.2. The van der Waals surface area contributed by atoms with E-state index in [-0.39, 0.29) is 12.4 Å². The highest BCUT2D eigenvalue weighted by Crippen LogP contribution is 2.34. The first-order valence-electron chi connectivity index (χ1n) is 9.63. The Morgan fingerprint density at radius 1 is 1.19 bits per heavy atom. The van der Waals surface area contributed by atoms with Crippen LogP contribution in [0.3, 0.4) is 0 Å². The Hall–Kier alpha value is -2.26. The SMILES string of the molecule is C=CCn1c(C)c(CCC)c2ccnc(N3CCc4ccccc4C3)c21.Cl. The second kappa shape index (κ2) is 8.18. The van der Waals surface area contributed by atoms with Gasteiger partial charge in [-0.05, 0) is 42.5 Å². The Kier molecular flexibility index (Phi) is 5.91. The van der Waals surface area contributed by atoms with Crippen molar-refractivity contribution in [2.45, 2.75) is 46.2 Å². The number of aryl methyl sites for hydroxylation is 1. The lowest BCUT2D eigenvalue weighted by Gasteiger charge is -2.30. The third-order valence-electron chi connectivity index (χ3n) is 5.58. The number of rotatable bonds is 5. The molecule has 4 heteroatoms. The number of anilines is 1. The molecule has 0 bridgehead atoms. The van der Waals surface area contributed by atoms with Crippen LogP contribution in [-0.2, 0) is 25.9 Å². The maximum atomic E-state index is 4.83. The minimum absolute atomic E-state index is 0. The van der Waals surface area contributed by atoms with Gasteiger partial charge in [0.25, 0.3) is 0 Å². The van der Waals surface area contributed by atoms with Gasteiger partial charge in [0.15, 0.2) is 5.82 Å². The average molecular weight is 382 g/mol. The van der Waals surface area contributed by atoms with Crippen molar-refractivity contribution in [2.75, 3.05) is 11.4 Å². The van der Waals surface area contributed by atoms with E-state index in [0.29, 0.717) is 0 Å². The Morgan fingerprint density at radius 2 is 1.96 bits per heavy atom. The summed E-state index contributed by atoms with van der Waals surface area (Å²) in [5, 5.41) is 1.36. The van der Waals surface area contributed by atoms with Crippen LogP contribution in [0.2, 0.25) is 0 Å². The lowest BCUT2D eigenvalue weighted by molar-refractivity contribution is 0.718. The van der Waals surface area contributed by atoms with Crippen molar-refractivity contribution in [1.82, 2.24) is 9.55 Å². The van der Waals surface area contributed by atoms with Crippen molar-refractivity contribution in [3.05, 3.63) is 71.6 Å². The molecule has 0 unspecified atom stereocenters. The molecular formula is C23H28ClN3. The molecule has 4 rings (SSSR count). The number of hydrogen-bond donors (Lipinski definition) is 0. The highest BCUT2D eigenvalue weighted by molar-refractivity contribution is 5.94. The number of aromatic nitrogens is 2. The van der Waals surface area contributed by atoms with E-state index in [4.69, 9.17) is 4.98 Å². The zero-order valence-corrected chi connectivity index (χ0v) is 17.1. The quantitative estimate of drug-likeness (QED) is 0.546. The number of nitrogens with zero attached hydrogens (tertiary/aromatic N) is 3. The molecule has 3 nitrogen and oxygen atoms in total. The number of allylic oxidation sites excluding steroid dienone is 1. The highest BCUT2D eigenvalue weighted by Gasteiger charge is 2.23. The topological polar surface area (TPSA) is 21.1 Å². The van der Waals surface area contributed by atoms with Crippen LogP contribution in [-0.4, -0.2) is 16.1 Å². The Morgan fingerprint density at radius 3 is 2.70 bits per heavy atom. The summed E-state index contributed by atoms with van der Waals surface area (Å²) in [6, 6.07) is 11.0. The number of hydrogen-bond acceptors (Lipinski definition) is 2. The summed E-state index contributed by atoms with van der Waals surface area (Å²) in [6.07, 6.45) is 7.32. The van der Waals surface area contributed by atoms with Gasteiger partial charge in [-0.3, -0.25) is 0 Å². The first-order valence-corrected chi connectivity index (χ1v) is 9.63. The summed E-state index contributed by atoms with van der Waals surface area (Å²) >= 11 is 0. The van der Waals surface area contributed by atoms with Gasteiger partial charge in [-0.1, -0.05) is 43.7 Å². The third kappa shape index (κ3) is 3.37. The molecule has 0 saturated carbocycles. The van der Waals surface area contributed by atoms with E-state index >= 15 is 0 Å². The minimum atomic E-state index is 0. The first kappa shape index (κ1) is 19.5. The molecule has 27 heavy (non-hydrogen) atoms. The summed E-state index contributed by atoms with van der Waals surface area (Å²) in [5.74, 6) is 1.12. The van der Waals surface area contributed by atoms with E-state index in [1.807, 2.05) is 12.3 Å². The van der Waals surface area contributed by atoms with E-state index in [9.17, 15) is 0 Å². The van der Waals surface area contributed by atoms with Crippen molar-refractivity contribution in [3.63, 3.8) is 0 Å². The first-order chi connectivity index (χ1) is 12.7. The molecule has 0 aliphatic carbocycles. The van der Waals surface area contributed by atoms with Crippen LogP contribution in [0.25, 0.3) is 10.9 Å². The fraction of sp³-hybridized carbons (Fsp3) is 0.348. The third-order valence-corrected chi connectivity index (χ3v) is 5.58. The van der Waals surface area contributed by atoms with Gasteiger partial charge in [0.2, 0.25) is 0 Å². The summed E-state index contributed by atoms with van der Waals surface area (Å²) < 4.78 is 2.40. The average Bonchev–Trinajstić information content (AvgIpc) is 2.94. The highest BCUT2D eigenvalue weighted by atomic mass is 35.5. The molecule has 2 aromatic heterocycles. The molecular weight excluding hydrogens is 354 g/mol. The molecule has 0 atom stereocenters. The monoisotopic (exact) mass is 381 g/mol. The van der Waals surface area contributed by atoms with Crippen molar-refractivity contribution in [2.24, 2.45) is 0 Å². The van der Waals surface area contributed by atoms with Gasteiger partial charge >= 0.3 is 0 Å². The molecule has 142 valence electrons. The Labute approximate surface area is 168 Å². The van der Waals surface area contributed by atoms with E-state index in [0.717, 1.165) is 44.7 Å². The van der Waals surface area contributed by atoms with Gasteiger partial charge in [-0.25, -0.2) is 4.98 Å². The lowest BCUT2D eigenvalue weighted by Crippen LogP contribution is -2.31. The van der Waals surface area contributed by atoms with Crippen LogP contribution in [0.5, 0.6) is 0 Å². The van der Waals surface area contributed by atoms with E-state index in [2.05, 4.69) is 60.2 Å². The molecule has 0 fully saturated rings. The smallest absolute Gasteiger partial charge is 0.153 e. The molecule has 0 saturated heterocycles. The molecule has 1 aliphatic heterocycles. The standard InChI is InChI=1S/C23H27N3.ClH/c1-4-8-20-17(3)26(14-5-2)22-21(20)11-13-24-23(22)25-15-12-18-9-6-7-10-19(18)16-25;/h5-7,9-11,13H,2,4,8,12,14-16H2,1,3H3;1H. The molecule has 0 radical (unpaired) electrons. The van der Waals surface area contributed by atoms with Crippen LogP contribution in [0, 0.1) is 6.92 Å². The van der Waals surface area contributed by atoms with Gasteiger partial charge in [0, 0.05) is 36.9 Å². The summed E-state index contributed by atoms with van der Waals surface area (Å²) in [7, 11) is 0. The molecule has 1 aliphatic rings. The Bertz CT molecular complexity index is 958. The van der Waals surface area contributed by atoms with Gasteiger partial charge < -0.3 is 9.47 Å². The molecule has 3 heterocycles. The summed E-state index contributed by atoms with van der Waals surface area (Å²) in [4.78, 5) is 7.28. The van der Waals surface area contributed by atoms with E-state index in [1.54, 1.807) is 0 Å². The maximum absolute atomic E-state index is 4.83. The number of pyridine rings is 1. The maximum Gasteiger partial charge on any atom is 0.153 e. The van der Waals surface area contributed by atoms with Crippen molar-refractivity contribution in [1.29, 1.82) is 0 Å². The largest absolute Gasteiger partial charge is 0.350 e. The Balaban J connectivity index is 0.00000210. The van der Waals surface area contributed by atoms with Crippen molar-refractivity contribution < 1.29 is 0 Å². The van der Waals surface area contributed by atoms with E-state index < -0.39 is 0 Å². The molecule has 0 spiro atoms. The molecule has 3 aromatic rings. The van der Waals surface area contributed by atoms with Gasteiger partial charge in [-0.15, -0.1) is 19.0 Å². The minimum Gasteiger partial charge on any atom is -0.350 e. The van der Waals surface area contributed by atoms with Crippen molar-refractivity contribution in [3.8, 4) is 0 Å². The summed E-state index contributed by atoms with van der Waals surface area (Å²) in [6.45, 7) is 11.2. The van der Waals surface area contributed by atoms with E-state index in [1.165, 1.54) is 33.3 Å². The molecule has 1 aromatic carbocycles. The van der Waals surface area contributed by atoms with Crippen LogP contribution in [0.4, 0.5) is 5.82 Å². The van der Waals surface area contributed by atoms with Gasteiger partial charge in [-0.2, -0.15) is 0 Å².